The molecule has 3 rings (SSSR count). The highest BCUT2D eigenvalue weighted by molar-refractivity contribution is 5.20. The fraction of sp³-hybridized carbons (Fsp3) is 0.571. The van der Waals surface area contributed by atoms with Crippen LogP contribution in [-0.2, 0) is 4.74 Å². The lowest BCUT2D eigenvalue weighted by Gasteiger charge is -2.46. The number of hydrogen-bond acceptors (Lipinski definition) is 3. The van der Waals surface area contributed by atoms with Crippen molar-refractivity contribution in [3.8, 4) is 0 Å². The zero-order valence-corrected chi connectivity index (χ0v) is 9.96. The van der Waals surface area contributed by atoms with E-state index in [9.17, 15) is 5.11 Å². The second-order valence-corrected chi connectivity index (χ2v) is 5.05. The summed E-state index contributed by atoms with van der Waals surface area (Å²) in [6, 6.07) is 11.3. The van der Waals surface area contributed by atoms with Crippen LogP contribution in [0.25, 0.3) is 0 Å². The molecule has 1 aromatic rings. The van der Waals surface area contributed by atoms with Crippen molar-refractivity contribution < 1.29 is 9.84 Å². The van der Waals surface area contributed by atoms with Crippen molar-refractivity contribution in [3.05, 3.63) is 35.9 Å². The maximum Gasteiger partial charge on any atom is 0.0997 e. The van der Waals surface area contributed by atoms with Crippen LogP contribution in [0.3, 0.4) is 0 Å². The Morgan fingerprint density at radius 3 is 2.82 bits per heavy atom. The average Bonchev–Trinajstić information content (AvgIpc) is 2.39. The van der Waals surface area contributed by atoms with E-state index in [0.29, 0.717) is 18.8 Å². The zero-order valence-electron chi connectivity index (χ0n) is 9.96. The Balaban J connectivity index is 1.86. The smallest absolute Gasteiger partial charge is 0.0997 e. The van der Waals surface area contributed by atoms with Crippen molar-refractivity contribution in [2.75, 3.05) is 13.3 Å². The summed E-state index contributed by atoms with van der Waals surface area (Å²) in [6.07, 6.45) is 2.59. The maximum absolute atomic E-state index is 10.0. The molecule has 2 fully saturated rings. The number of rotatable bonds is 1. The van der Waals surface area contributed by atoms with E-state index in [1.54, 1.807) is 0 Å². The Hall–Kier alpha value is -0.900. The molecule has 0 spiro atoms. The van der Waals surface area contributed by atoms with E-state index >= 15 is 0 Å². The summed E-state index contributed by atoms with van der Waals surface area (Å²) in [5, 5.41) is 10.0. The van der Waals surface area contributed by atoms with E-state index in [1.165, 1.54) is 5.56 Å². The molecule has 0 aromatic heterocycles. The van der Waals surface area contributed by atoms with E-state index in [-0.39, 0.29) is 6.10 Å². The number of fused-ring (bicyclic) bond motifs is 1. The predicted octanol–water partition coefficient (Wildman–Crippen LogP) is 1.93. The normalized spacial score (nSPS) is 34.3. The number of aliphatic hydroxyl groups excluding tert-OH is 1. The highest BCUT2D eigenvalue weighted by Gasteiger charge is 2.37. The molecule has 2 aliphatic heterocycles. The lowest BCUT2D eigenvalue weighted by Crippen LogP contribution is -2.50. The van der Waals surface area contributed by atoms with Crippen molar-refractivity contribution in [2.24, 2.45) is 0 Å². The molecule has 3 atom stereocenters. The quantitative estimate of drug-likeness (QED) is 0.804. The van der Waals surface area contributed by atoms with Crippen LogP contribution in [0.2, 0.25) is 0 Å². The van der Waals surface area contributed by atoms with Crippen LogP contribution >= 0.6 is 0 Å². The molecule has 1 N–H and O–H groups in total. The summed E-state index contributed by atoms with van der Waals surface area (Å²) in [5.74, 6) is 0. The number of benzene rings is 1. The molecule has 2 aliphatic rings. The fourth-order valence-corrected chi connectivity index (χ4v) is 3.06. The van der Waals surface area contributed by atoms with E-state index < -0.39 is 0 Å². The van der Waals surface area contributed by atoms with Gasteiger partial charge in [-0.3, -0.25) is 4.90 Å². The van der Waals surface area contributed by atoms with Gasteiger partial charge in [0.25, 0.3) is 0 Å². The largest absolute Gasteiger partial charge is 0.393 e. The first-order valence-electron chi connectivity index (χ1n) is 6.41. The monoisotopic (exact) mass is 233 g/mol. The van der Waals surface area contributed by atoms with Crippen molar-refractivity contribution in [3.63, 3.8) is 0 Å². The summed E-state index contributed by atoms with van der Waals surface area (Å²) in [5.41, 5.74) is 1.29. The molecular formula is C14H19NO2. The van der Waals surface area contributed by atoms with Crippen LogP contribution in [0.15, 0.2) is 30.3 Å². The molecule has 0 amide bonds. The zero-order chi connectivity index (χ0) is 11.7. The van der Waals surface area contributed by atoms with Gasteiger partial charge >= 0.3 is 0 Å². The molecule has 0 bridgehead atoms. The Bertz CT molecular complexity index is 368. The van der Waals surface area contributed by atoms with Gasteiger partial charge in [0.2, 0.25) is 0 Å². The van der Waals surface area contributed by atoms with E-state index in [2.05, 4.69) is 29.2 Å². The Morgan fingerprint density at radius 1 is 1.18 bits per heavy atom. The van der Waals surface area contributed by atoms with Gasteiger partial charge in [-0.1, -0.05) is 30.3 Å². The lowest BCUT2D eigenvalue weighted by atomic mass is 9.88. The number of nitrogens with zero attached hydrogens (tertiary/aromatic N) is 1. The molecule has 92 valence electrons. The first kappa shape index (κ1) is 11.2. The first-order chi connectivity index (χ1) is 8.34. The van der Waals surface area contributed by atoms with Gasteiger partial charge in [0.15, 0.2) is 0 Å². The van der Waals surface area contributed by atoms with Gasteiger partial charge < -0.3 is 9.84 Å². The number of piperidine rings is 1. The summed E-state index contributed by atoms with van der Waals surface area (Å²) >= 11 is 0. The number of ether oxygens (including phenoxy) is 1. The molecule has 17 heavy (non-hydrogen) atoms. The minimum atomic E-state index is -0.167. The maximum atomic E-state index is 10.0. The van der Waals surface area contributed by atoms with Crippen LogP contribution < -0.4 is 0 Å². The van der Waals surface area contributed by atoms with Crippen LogP contribution in [0, 0.1) is 0 Å². The second kappa shape index (κ2) is 4.77. The number of hydrogen-bond donors (Lipinski definition) is 1. The van der Waals surface area contributed by atoms with Gasteiger partial charge in [-0.15, -0.1) is 0 Å². The molecule has 3 nitrogen and oxygen atoms in total. The van der Waals surface area contributed by atoms with Gasteiger partial charge in [0.1, 0.15) is 0 Å². The molecule has 0 unspecified atom stereocenters. The predicted molar refractivity (Wildman–Crippen MR) is 65.5 cm³/mol. The van der Waals surface area contributed by atoms with E-state index in [0.717, 1.165) is 25.9 Å². The Kier molecular flexibility index (Phi) is 3.14. The first-order valence-corrected chi connectivity index (χ1v) is 6.41. The summed E-state index contributed by atoms with van der Waals surface area (Å²) in [6.45, 7) is 1.53. The average molecular weight is 233 g/mol. The molecule has 3 heteroatoms. The van der Waals surface area contributed by atoms with Crippen LogP contribution in [-0.4, -0.2) is 35.5 Å². The minimum Gasteiger partial charge on any atom is -0.393 e. The highest BCUT2D eigenvalue weighted by Crippen LogP contribution is 2.36. The second-order valence-electron chi connectivity index (χ2n) is 5.05. The van der Waals surface area contributed by atoms with Crippen molar-refractivity contribution in [2.45, 2.75) is 37.5 Å². The highest BCUT2D eigenvalue weighted by atomic mass is 16.5. The van der Waals surface area contributed by atoms with Gasteiger partial charge in [-0.2, -0.15) is 0 Å². The topological polar surface area (TPSA) is 32.7 Å². The molecule has 2 saturated heterocycles. The van der Waals surface area contributed by atoms with Crippen LogP contribution in [0.4, 0.5) is 0 Å². The fourth-order valence-electron chi connectivity index (χ4n) is 3.06. The van der Waals surface area contributed by atoms with Gasteiger partial charge in [-0.05, 0) is 24.8 Å². The third-order valence-electron chi connectivity index (χ3n) is 3.93. The lowest BCUT2D eigenvalue weighted by molar-refractivity contribution is -0.112. The summed E-state index contributed by atoms with van der Waals surface area (Å²) in [4.78, 5) is 2.41. The Morgan fingerprint density at radius 2 is 2.00 bits per heavy atom. The van der Waals surface area contributed by atoms with Crippen molar-refractivity contribution in [1.82, 2.24) is 4.90 Å². The molecular weight excluding hydrogens is 214 g/mol. The Labute approximate surface area is 102 Å². The van der Waals surface area contributed by atoms with Gasteiger partial charge in [0.05, 0.1) is 12.8 Å². The number of aliphatic hydroxyl groups is 1. The molecule has 0 radical (unpaired) electrons. The molecule has 0 aliphatic carbocycles. The van der Waals surface area contributed by atoms with Gasteiger partial charge in [0, 0.05) is 18.7 Å². The van der Waals surface area contributed by atoms with E-state index in [4.69, 9.17) is 4.74 Å². The van der Waals surface area contributed by atoms with E-state index in [1.807, 2.05) is 6.07 Å². The van der Waals surface area contributed by atoms with Crippen LogP contribution in [0.5, 0.6) is 0 Å². The van der Waals surface area contributed by atoms with Crippen molar-refractivity contribution >= 4 is 0 Å². The van der Waals surface area contributed by atoms with Crippen LogP contribution in [0.1, 0.15) is 30.9 Å². The minimum absolute atomic E-state index is 0.167. The molecule has 2 heterocycles. The standard InChI is InChI=1S/C14H19NO2/c16-13-8-12-6-7-17-10-15(12)14(9-13)11-4-2-1-3-5-11/h1-5,12-14,16H,6-10H2/t12-,13+,14-/m1/s1. The third kappa shape index (κ3) is 2.23. The summed E-state index contributed by atoms with van der Waals surface area (Å²) in [7, 11) is 0. The molecule has 0 saturated carbocycles. The van der Waals surface area contributed by atoms with Gasteiger partial charge in [-0.25, -0.2) is 0 Å². The molecule has 1 aromatic carbocycles. The third-order valence-corrected chi connectivity index (χ3v) is 3.93. The van der Waals surface area contributed by atoms with Crippen molar-refractivity contribution in [1.29, 1.82) is 0 Å². The SMILES string of the molecule is O[C@H]1C[C@H]2CCOCN2[C@@H](c2ccccc2)C1. The summed E-state index contributed by atoms with van der Waals surface area (Å²) < 4.78 is 5.57.